The van der Waals surface area contributed by atoms with Crippen LogP contribution in [0, 0.1) is 13.8 Å². The predicted octanol–water partition coefficient (Wildman–Crippen LogP) is 3.30. The van der Waals surface area contributed by atoms with Crippen molar-refractivity contribution in [1.29, 1.82) is 0 Å². The summed E-state index contributed by atoms with van der Waals surface area (Å²) < 4.78 is 4.83. The molecule has 1 aliphatic heterocycles. The average Bonchev–Trinajstić information content (AvgIpc) is 3.37. The number of fused-ring (bicyclic) bond motifs is 3. The molecule has 3 heterocycles. The summed E-state index contributed by atoms with van der Waals surface area (Å²) in [6.07, 6.45) is 1.54. The molecule has 7 heteroatoms. The number of hydrogen-bond donors (Lipinski definition) is 0. The average molecular weight is 430 g/mol. The second-order valence-electron chi connectivity index (χ2n) is 8.49. The highest BCUT2D eigenvalue weighted by Crippen LogP contribution is 2.34. The van der Waals surface area contributed by atoms with Gasteiger partial charge in [-0.2, -0.15) is 4.98 Å². The van der Waals surface area contributed by atoms with Gasteiger partial charge in [0.05, 0.1) is 0 Å². The number of rotatable bonds is 5. The number of benzene rings is 2. The normalized spacial score (nSPS) is 13.2. The van der Waals surface area contributed by atoms with Gasteiger partial charge in [0, 0.05) is 32.4 Å². The van der Waals surface area contributed by atoms with Gasteiger partial charge in [-0.1, -0.05) is 42.5 Å². The molecule has 0 aliphatic carbocycles. The van der Waals surface area contributed by atoms with Gasteiger partial charge < -0.3 is 9.47 Å². The zero-order chi connectivity index (χ0) is 22.4. The van der Waals surface area contributed by atoms with Crippen molar-refractivity contribution in [2.75, 3.05) is 11.4 Å². The van der Waals surface area contributed by atoms with E-state index >= 15 is 0 Å². The fourth-order valence-electron chi connectivity index (χ4n) is 4.62. The third-order valence-corrected chi connectivity index (χ3v) is 6.56. The van der Waals surface area contributed by atoms with Gasteiger partial charge in [-0.15, -0.1) is 0 Å². The van der Waals surface area contributed by atoms with E-state index in [2.05, 4.69) is 43.0 Å². The Morgan fingerprint density at radius 3 is 2.53 bits per heavy atom. The zero-order valence-corrected chi connectivity index (χ0v) is 18.7. The third-order valence-electron chi connectivity index (χ3n) is 6.56. The number of hydrogen-bond acceptors (Lipinski definition) is 4. The fraction of sp³-hybridized carbons (Fsp3) is 0.320. The number of nitrogens with zero attached hydrogens (tertiary/aromatic N) is 5. The monoisotopic (exact) mass is 429 g/mol. The first-order valence-corrected chi connectivity index (χ1v) is 11.0. The summed E-state index contributed by atoms with van der Waals surface area (Å²) in [7, 11) is 1.70. The Morgan fingerprint density at radius 1 is 0.969 bits per heavy atom. The van der Waals surface area contributed by atoms with Crippen LogP contribution in [0.1, 0.15) is 23.1 Å². The number of aryl methyl sites for hydroxylation is 3. The van der Waals surface area contributed by atoms with Crippen molar-refractivity contribution in [1.82, 2.24) is 18.7 Å². The summed E-state index contributed by atoms with van der Waals surface area (Å²) in [5.41, 5.74) is 5.09. The molecule has 2 aromatic carbocycles. The first-order chi connectivity index (χ1) is 15.5. The first kappa shape index (κ1) is 20.3. The van der Waals surface area contributed by atoms with Crippen molar-refractivity contribution >= 4 is 22.8 Å². The van der Waals surface area contributed by atoms with Crippen LogP contribution in [-0.4, -0.2) is 25.2 Å². The van der Waals surface area contributed by atoms with Crippen LogP contribution in [0.2, 0.25) is 0 Å². The molecule has 7 nitrogen and oxygen atoms in total. The van der Waals surface area contributed by atoms with Crippen molar-refractivity contribution < 1.29 is 0 Å². The third kappa shape index (κ3) is 3.16. The summed E-state index contributed by atoms with van der Waals surface area (Å²) >= 11 is 0. The van der Waals surface area contributed by atoms with Crippen molar-refractivity contribution in [3.05, 3.63) is 86.1 Å². The lowest BCUT2D eigenvalue weighted by atomic mass is 10.1. The molecule has 0 radical (unpaired) electrons. The van der Waals surface area contributed by atoms with E-state index < -0.39 is 0 Å². The van der Waals surface area contributed by atoms with Gasteiger partial charge >= 0.3 is 5.69 Å². The van der Waals surface area contributed by atoms with E-state index in [1.165, 1.54) is 25.8 Å². The van der Waals surface area contributed by atoms with E-state index in [0.29, 0.717) is 24.3 Å². The van der Waals surface area contributed by atoms with Crippen LogP contribution in [0.3, 0.4) is 0 Å². The van der Waals surface area contributed by atoms with E-state index in [1.807, 2.05) is 28.8 Å². The minimum absolute atomic E-state index is 0.252. The standard InChI is InChI=1S/C25H27N5O2/c1-17-9-7-13-20(18(17)2)28-15-16-29-21-22(26-24(28)29)27(3)25(32)30(23(21)31)14-8-12-19-10-5-4-6-11-19/h4-7,9-11,13H,8,12,14-16H2,1-3H3. The predicted molar refractivity (Wildman–Crippen MR) is 127 cm³/mol. The molecule has 0 amide bonds. The quantitative estimate of drug-likeness (QED) is 0.488. The molecule has 0 atom stereocenters. The Labute approximate surface area is 186 Å². The van der Waals surface area contributed by atoms with Crippen LogP contribution < -0.4 is 16.1 Å². The van der Waals surface area contributed by atoms with Gasteiger partial charge in [-0.05, 0) is 49.4 Å². The Kier molecular flexibility index (Phi) is 4.96. The summed E-state index contributed by atoms with van der Waals surface area (Å²) in [6, 6.07) is 16.3. The minimum Gasteiger partial charge on any atom is -0.310 e. The highest BCUT2D eigenvalue weighted by molar-refractivity contribution is 5.78. The maximum atomic E-state index is 13.4. The van der Waals surface area contributed by atoms with Crippen LogP contribution in [0.5, 0.6) is 0 Å². The molecule has 0 N–H and O–H groups in total. The van der Waals surface area contributed by atoms with E-state index in [-0.39, 0.29) is 11.2 Å². The van der Waals surface area contributed by atoms with Crippen LogP contribution >= 0.6 is 0 Å². The molecular weight excluding hydrogens is 402 g/mol. The van der Waals surface area contributed by atoms with Gasteiger partial charge in [0.1, 0.15) is 0 Å². The number of imidazole rings is 1. The molecular formula is C25H27N5O2. The molecule has 5 rings (SSSR count). The molecule has 4 aromatic rings. The largest absolute Gasteiger partial charge is 0.332 e. The molecule has 1 aliphatic rings. The van der Waals surface area contributed by atoms with Crippen LogP contribution in [0.4, 0.5) is 11.6 Å². The Morgan fingerprint density at radius 2 is 1.75 bits per heavy atom. The van der Waals surface area contributed by atoms with Gasteiger partial charge in [0.15, 0.2) is 11.2 Å². The van der Waals surface area contributed by atoms with E-state index in [0.717, 1.165) is 31.0 Å². The van der Waals surface area contributed by atoms with Crippen LogP contribution in [0.15, 0.2) is 58.1 Å². The number of aromatic nitrogens is 4. The topological polar surface area (TPSA) is 65.1 Å². The summed E-state index contributed by atoms with van der Waals surface area (Å²) in [6.45, 7) is 5.99. The molecule has 164 valence electrons. The maximum Gasteiger partial charge on any atom is 0.332 e. The number of anilines is 2. The van der Waals surface area contributed by atoms with E-state index in [4.69, 9.17) is 4.98 Å². The lowest BCUT2D eigenvalue weighted by Crippen LogP contribution is -2.39. The molecule has 0 fully saturated rings. The summed E-state index contributed by atoms with van der Waals surface area (Å²) in [4.78, 5) is 33.3. The highest BCUT2D eigenvalue weighted by atomic mass is 16.2. The Balaban J connectivity index is 1.55. The smallest absolute Gasteiger partial charge is 0.310 e. The van der Waals surface area contributed by atoms with Gasteiger partial charge in [0.2, 0.25) is 5.95 Å². The van der Waals surface area contributed by atoms with Crippen molar-refractivity contribution in [2.24, 2.45) is 7.05 Å². The van der Waals surface area contributed by atoms with Gasteiger partial charge in [0.25, 0.3) is 5.56 Å². The fourth-order valence-corrected chi connectivity index (χ4v) is 4.62. The lowest BCUT2D eigenvalue weighted by molar-refractivity contribution is 0.570. The molecule has 0 spiro atoms. The van der Waals surface area contributed by atoms with E-state index in [1.54, 1.807) is 7.05 Å². The van der Waals surface area contributed by atoms with Gasteiger partial charge in [-0.3, -0.25) is 13.9 Å². The Bertz CT molecular complexity index is 1430. The highest BCUT2D eigenvalue weighted by Gasteiger charge is 2.29. The van der Waals surface area contributed by atoms with Crippen molar-refractivity contribution in [3.8, 4) is 0 Å². The zero-order valence-electron chi connectivity index (χ0n) is 18.7. The molecule has 0 saturated heterocycles. The second-order valence-corrected chi connectivity index (χ2v) is 8.49. The van der Waals surface area contributed by atoms with E-state index in [9.17, 15) is 9.59 Å². The van der Waals surface area contributed by atoms with Crippen LogP contribution in [-0.2, 0) is 26.6 Å². The van der Waals surface area contributed by atoms with Crippen LogP contribution in [0.25, 0.3) is 11.2 Å². The first-order valence-electron chi connectivity index (χ1n) is 11.0. The molecule has 0 saturated carbocycles. The molecule has 0 bridgehead atoms. The van der Waals surface area contributed by atoms with Crippen molar-refractivity contribution in [2.45, 2.75) is 39.8 Å². The molecule has 32 heavy (non-hydrogen) atoms. The maximum absolute atomic E-state index is 13.4. The minimum atomic E-state index is -0.314. The SMILES string of the molecule is Cc1cccc(N2CCn3c2nc2c3c(=O)n(CCCc3ccccc3)c(=O)n2C)c1C. The molecule has 0 unspecified atom stereocenters. The van der Waals surface area contributed by atoms with Crippen molar-refractivity contribution in [3.63, 3.8) is 0 Å². The second kappa shape index (κ2) is 7.82. The lowest BCUT2D eigenvalue weighted by Gasteiger charge is -2.19. The summed E-state index contributed by atoms with van der Waals surface area (Å²) in [5, 5.41) is 0. The summed E-state index contributed by atoms with van der Waals surface area (Å²) in [5.74, 6) is 0.725. The molecule has 2 aromatic heterocycles. The van der Waals surface area contributed by atoms with Gasteiger partial charge in [-0.25, -0.2) is 4.79 Å². The Hall–Kier alpha value is -3.61.